The molecule has 0 saturated carbocycles. The summed E-state index contributed by atoms with van der Waals surface area (Å²) in [7, 11) is -11.2. The second kappa shape index (κ2) is 12.7. The Hall–Kier alpha value is -3.27. The van der Waals surface area contributed by atoms with Gasteiger partial charge in [-0.05, 0) is 6.07 Å². The SMILES string of the molecule is C=C[C@@]1(O)[C@@H](COP(=O)([O-])OP(=O)(O)OC[C@H]2O[C@@H](n3cnc4c(N)ncnc43)[C@H](O)[C@@H]2O)O[C@@H]([n+]2cccc(C(N)=O)c2)[C@@H]1O. The molecule has 9 N–H and O–H groups in total. The molecule has 250 valence electrons. The van der Waals surface area contributed by atoms with Crippen molar-refractivity contribution in [3.05, 3.63) is 55.4 Å². The minimum Gasteiger partial charge on any atom is -0.756 e. The molecule has 5 rings (SSSR count). The van der Waals surface area contributed by atoms with Crippen molar-refractivity contribution >= 4 is 38.5 Å². The Bertz CT molecular complexity index is 1730. The van der Waals surface area contributed by atoms with E-state index in [1.807, 2.05) is 0 Å². The van der Waals surface area contributed by atoms with Crippen LogP contribution in [-0.4, -0.2) is 100 Å². The van der Waals surface area contributed by atoms with Crippen molar-refractivity contribution in [3.8, 4) is 0 Å². The summed E-state index contributed by atoms with van der Waals surface area (Å²) in [6.45, 7) is 1.44. The van der Waals surface area contributed by atoms with E-state index in [-0.39, 0.29) is 22.5 Å². The number of nitrogens with two attached hydrogens (primary N) is 2. The molecule has 1 amide bonds. The van der Waals surface area contributed by atoms with Crippen LogP contribution < -0.4 is 20.9 Å². The van der Waals surface area contributed by atoms with Crippen molar-refractivity contribution < 1.29 is 71.5 Å². The van der Waals surface area contributed by atoms with Gasteiger partial charge in [-0.1, -0.05) is 6.08 Å². The number of rotatable bonds is 12. The van der Waals surface area contributed by atoms with Crippen molar-refractivity contribution in [1.82, 2.24) is 19.5 Å². The Kier molecular flexibility index (Phi) is 9.43. The van der Waals surface area contributed by atoms with Gasteiger partial charge in [-0.25, -0.2) is 23.8 Å². The summed E-state index contributed by atoms with van der Waals surface area (Å²) in [4.78, 5) is 45.9. The van der Waals surface area contributed by atoms with Crippen molar-refractivity contribution in [3.63, 3.8) is 0 Å². The maximum Gasteiger partial charge on any atom is 0.478 e. The zero-order valence-corrected chi connectivity index (χ0v) is 25.2. The Morgan fingerprint density at radius 1 is 1.20 bits per heavy atom. The van der Waals surface area contributed by atoms with Gasteiger partial charge in [0.15, 0.2) is 36.2 Å². The number of primary amides is 1. The first-order valence-electron chi connectivity index (χ1n) is 13.2. The van der Waals surface area contributed by atoms with E-state index in [0.29, 0.717) is 0 Å². The second-order valence-electron chi connectivity index (χ2n) is 10.2. The van der Waals surface area contributed by atoms with Gasteiger partial charge < -0.3 is 55.7 Å². The van der Waals surface area contributed by atoms with Crippen LogP contribution in [0.25, 0.3) is 11.2 Å². The summed E-state index contributed by atoms with van der Waals surface area (Å²) in [5.74, 6) is -0.754. The minimum absolute atomic E-state index is 0.0341. The standard InChI is InChI=1S/C23H29N7O14P2/c1-2-23(35)13(43-22(17(23)33)29-5-3-4-11(6-29)19(25)34)8-41-46(38,39)44-45(36,37)40-7-12-15(31)16(32)21(42-12)30-10-28-14-18(24)26-9-27-20(14)30/h2-6,9-10,12-13,15-17,21-22,31-33,35H,1,7-8H2,(H5-,24,25,26,27,34,36,37,38,39)/t12-,13-,15-,16-,17+,21-,22-,23-/m1/s1. The molecule has 10 atom stereocenters. The molecule has 0 radical (unpaired) electrons. The summed E-state index contributed by atoms with van der Waals surface area (Å²) < 4.78 is 52.1. The van der Waals surface area contributed by atoms with Crippen molar-refractivity contribution in [2.24, 2.45) is 5.73 Å². The normalized spacial score (nSPS) is 32.3. The predicted molar refractivity (Wildman–Crippen MR) is 146 cm³/mol. The monoisotopic (exact) mass is 689 g/mol. The van der Waals surface area contributed by atoms with Crippen LogP contribution in [0.4, 0.5) is 5.82 Å². The molecule has 2 fully saturated rings. The second-order valence-corrected chi connectivity index (χ2v) is 13.2. The predicted octanol–water partition coefficient (Wildman–Crippen LogP) is -3.09. The fourth-order valence-electron chi connectivity index (χ4n) is 4.88. The quantitative estimate of drug-likeness (QED) is 0.0563. The number of hydrogen-bond donors (Lipinski definition) is 7. The maximum atomic E-state index is 12.5. The summed E-state index contributed by atoms with van der Waals surface area (Å²) in [5, 5.41) is 42.7. The first-order valence-corrected chi connectivity index (χ1v) is 16.1. The molecule has 2 saturated heterocycles. The number of fused-ring (bicyclic) bond motifs is 1. The maximum absolute atomic E-state index is 12.5. The minimum atomic E-state index is -5.69. The number of carbonyl (C=O) groups is 1. The topological polar surface area (TPSA) is 321 Å². The van der Waals surface area contributed by atoms with E-state index in [4.69, 9.17) is 20.9 Å². The Morgan fingerprint density at radius 3 is 2.63 bits per heavy atom. The highest BCUT2D eigenvalue weighted by Crippen LogP contribution is 2.58. The molecule has 5 heterocycles. The third-order valence-electron chi connectivity index (χ3n) is 7.28. The molecule has 23 heteroatoms. The third kappa shape index (κ3) is 6.60. The molecular formula is C23H29N7O14P2. The lowest BCUT2D eigenvalue weighted by Crippen LogP contribution is -2.51. The zero-order valence-electron chi connectivity index (χ0n) is 23.4. The number of nitrogens with zero attached hydrogens (tertiary/aromatic N) is 5. The van der Waals surface area contributed by atoms with E-state index in [9.17, 15) is 44.1 Å². The molecule has 3 aromatic heterocycles. The number of carbonyl (C=O) groups excluding carboxylic acids is 1. The zero-order chi connectivity index (χ0) is 33.6. The molecule has 21 nitrogen and oxygen atoms in total. The van der Waals surface area contributed by atoms with E-state index in [2.05, 4.69) is 34.9 Å². The Labute approximate surface area is 258 Å². The summed E-state index contributed by atoms with van der Waals surface area (Å²) in [6.07, 6.45) is -5.00. The molecule has 2 unspecified atom stereocenters. The smallest absolute Gasteiger partial charge is 0.478 e. The summed E-state index contributed by atoms with van der Waals surface area (Å²) >= 11 is 0. The lowest BCUT2D eigenvalue weighted by atomic mass is 9.92. The highest BCUT2D eigenvalue weighted by Gasteiger charge is 2.58. The number of nitrogen functional groups attached to an aromatic ring is 1. The van der Waals surface area contributed by atoms with Crippen molar-refractivity contribution in [1.29, 1.82) is 0 Å². The molecule has 0 bridgehead atoms. The number of phosphoric acid groups is 2. The van der Waals surface area contributed by atoms with E-state index < -0.39 is 83.3 Å². The molecule has 0 aliphatic carbocycles. The number of phosphoric ester groups is 2. The first kappa shape index (κ1) is 34.1. The fourth-order valence-corrected chi connectivity index (χ4v) is 6.92. The van der Waals surface area contributed by atoms with Crippen LogP contribution in [-0.2, 0) is 32.0 Å². The van der Waals surface area contributed by atoms with Crippen molar-refractivity contribution in [2.45, 2.75) is 48.6 Å². The van der Waals surface area contributed by atoms with E-state index in [1.54, 1.807) is 0 Å². The number of amides is 1. The number of anilines is 1. The Morgan fingerprint density at radius 2 is 1.93 bits per heavy atom. The number of pyridine rings is 1. The number of ether oxygens (including phenoxy) is 2. The number of hydrogen-bond acceptors (Lipinski definition) is 17. The largest absolute Gasteiger partial charge is 0.756 e. The van der Waals surface area contributed by atoms with Gasteiger partial charge in [0.25, 0.3) is 20.0 Å². The first-order chi connectivity index (χ1) is 21.6. The molecule has 2 aliphatic heterocycles. The summed E-state index contributed by atoms with van der Waals surface area (Å²) in [5.41, 5.74) is 9.09. The van der Waals surface area contributed by atoms with Crippen LogP contribution in [0.5, 0.6) is 0 Å². The fraction of sp³-hybridized carbons (Fsp3) is 0.435. The lowest BCUT2D eigenvalue weighted by Gasteiger charge is -2.29. The Balaban J connectivity index is 1.20. The highest BCUT2D eigenvalue weighted by atomic mass is 31.3. The molecule has 0 aromatic carbocycles. The van der Waals surface area contributed by atoms with Gasteiger partial charge in [0.2, 0.25) is 0 Å². The summed E-state index contributed by atoms with van der Waals surface area (Å²) in [6, 6.07) is 2.79. The molecule has 0 spiro atoms. The van der Waals surface area contributed by atoms with Gasteiger partial charge in [-0.2, -0.15) is 4.57 Å². The van der Waals surface area contributed by atoms with Crippen LogP contribution in [0, 0.1) is 0 Å². The number of imidazole rings is 1. The molecular weight excluding hydrogens is 660 g/mol. The van der Waals surface area contributed by atoms with Gasteiger partial charge in [0, 0.05) is 6.07 Å². The van der Waals surface area contributed by atoms with E-state index >= 15 is 0 Å². The van der Waals surface area contributed by atoms with Crippen LogP contribution in [0.3, 0.4) is 0 Å². The average molecular weight is 689 g/mol. The van der Waals surface area contributed by atoms with Gasteiger partial charge >= 0.3 is 7.82 Å². The highest BCUT2D eigenvalue weighted by molar-refractivity contribution is 7.60. The lowest BCUT2D eigenvalue weighted by molar-refractivity contribution is -0.766. The van der Waals surface area contributed by atoms with Crippen LogP contribution in [0.15, 0.2) is 49.8 Å². The molecule has 3 aromatic rings. The molecule has 46 heavy (non-hydrogen) atoms. The molecule has 2 aliphatic rings. The van der Waals surface area contributed by atoms with Gasteiger partial charge in [0.1, 0.15) is 47.4 Å². The van der Waals surface area contributed by atoms with E-state index in [0.717, 1.165) is 12.4 Å². The van der Waals surface area contributed by atoms with Gasteiger partial charge in [-0.3, -0.25) is 18.5 Å². The third-order valence-corrected chi connectivity index (χ3v) is 9.84. The van der Waals surface area contributed by atoms with Gasteiger partial charge in [-0.15, -0.1) is 6.58 Å². The number of aliphatic hydroxyl groups excluding tert-OH is 3. The average Bonchev–Trinajstić information content (AvgIpc) is 3.63. The van der Waals surface area contributed by atoms with Crippen LogP contribution in [0.2, 0.25) is 0 Å². The number of aromatic nitrogens is 5. The van der Waals surface area contributed by atoms with Crippen molar-refractivity contribution in [2.75, 3.05) is 18.9 Å². The van der Waals surface area contributed by atoms with Crippen LogP contribution >= 0.6 is 15.6 Å². The number of aliphatic hydroxyl groups is 4. The van der Waals surface area contributed by atoms with E-state index in [1.165, 1.54) is 40.0 Å². The van der Waals surface area contributed by atoms with Crippen LogP contribution in [0.1, 0.15) is 22.8 Å². The van der Waals surface area contributed by atoms with Gasteiger partial charge in [0.05, 0.1) is 19.5 Å².